The van der Waals surface area contributed by atoms with Crippen LogP contribution in [0, 0.1) is 11.8 Å². The zero-order valence-corrected chi connectivity index (χ0v) is 9.12. The molecule has 0 aromatic carbocycles. The molecule has 0 bridgehead atoms. The first-order valence-corrected chi connectivity index (χ1v) is 5.57. The fourth-order valence-electron chi connectivity index (χ4n) is 2.11. The second kappa shape index (κ2) is 5.35. The van der Waals surface area contributed by atoms with Gasteiger partial charge in [0.15, 0.2) is 0 Å². The van der Waals surface area contributed by atoms with Crippen molar-refractivity contribution in [1.82, 2.24) is 5.32 Å². The van der Waals surface area contributed by atoms with Gasteiger partial charge in [-0.1, -0.05) is 26.2 Å². The third kappa shape index (κ3) is 3.29. The molecule has 14 heavy (non-hydrogen) atoms. The van der Waals surface area contributed by atoms with Crippen LogP contribution in [0.5, 0.6) is 0 Å². The van der Waals surface area contributed by atoms with Gasteiger partial charge in [-0.2, -0.15) is 0 Å². The monoisotopic (exact) mass is 199 g/mol. The quantitative estimate of drug-likeness (QED) is 0.726. The lowest BCUT2D eigenvalue weighted by Gasteiger charge is -2.29. The Hall–Kier alpha value is -0.570. The van der Waals surface area contributed by atoms with Crippen LogP contribution in [0.4, 0.5) is 0 Å². The molecule has 0 saturated heterocycles. The van der Waals surface area contributed by atoms with Crippen LogP contribution >= 0.6 is 0 Å². The van der Waals surface area contributed by atoms with Crippen LogP contribution in [0.1, 0.15) is 39.5 Å². The van der Waals surface area contributed by atoms with Crippen LogP contribution in [-0.2, 0) is 4.79 Å². The summed E-state index contributed by atoms with van der Waals surface area (Å²) in [6.07, 6.45) is 5.19. The summed E-state index contributed by atoms with van der Waals surface area (Å²) in [6.45, 7) is 4.83. The van der Waals surface area contributed by atoms with Gasteiger partial charge in [0.2, 0.25) is 0 Å². The Morgan fingerprint density at radius 3 is 2.71 bits per heavy atom. The second-order valence-corrected chi connectivity index (χ2v) is 4.49. The highest BCUT2D eigenvalue weighted by atomic mass is 16.4. The number of hydrogen-bond donors (Lipinski definition) is 2. The molecular weight excluding hydrogens is 178 g/mol. The van der Waals surface area contributed by atoms with Gasteiger partial charge in [0.1, 0.15) is 6.04 Å². The minimum Gasteiger partial charge on any atom is -0.480 e. The normalized spacial score (nSPS) is 29.9. The number of carbonyl (C=O) groups is 1. The van der Waals surface area contributed by atoms with E-state index >= 15 is 0 Å². The van der Waals surface area contributed by atoms with Gasteiger partial charge in [0, 0.05) is 0 Å². The number of carboxylic acid groups (broad SMARTS) is 1. The summed E-state index contributed by atoms with van der Waals surface area (Å²) in [7, 11) is 0. The van der Waals surface area contributed by atoms with E-state index in [-0.39, 0.29) is 0 Å². The molecule has 0 spiro atoms. The summed E-state index contributed by atoms with van der Waals surface area (Å²) in [5.74, 6) is 0.663. The summed E-state index contributed by atoms with van der Waals surface area (Å²) in [4.78, 5) is 10.6. The fourth-order valence-corrected chi connectivity index (χ4v) is 2.11. The lowest BCUT2D eigenvalue weighted by atomic mass is 9.80. The maximum Gasteiger partial charge on any atom is 0.320 e. The molecule has 1 saturated carbocycles. The average Bonchev–Trinajstić information content (AvgIpc) is 2.16. The molecule has 3 heteroatoms. The maximum absolute atomic E-state index is 10.6. The summed E-state index contributed by atoms with van der Waals surface area (Å²) in [5, 5.41) is 11.8. The van der Waals surface area contributed by atoms with Gasteiger partial charge >= 0.3 is 5.97 Å². The van der Waals surface area contributed by atoms with E-state index in [1.165, 1.54) is 25.7 Å². The molecular formula is C11H21NO2. The topological polar surface area (TPSA) is 49.3 Å². The van der Waals surface area contributed by atoms with E-state index in [2.05, 4.69) is 12.2 Å². The Morgan fingerprint density at radius 1 is 1.50 bits per heavy atom. The molecule has 1 aliphatic rings. The number of aliphatic carboxylic acids is 1. The van der Waals surface area contributed by atoms with Crippen molar-refractivity contribution < 1.29 is 9.90 Å². The molecule has 3 atom stereocenters. The van der Waals surface area contributed by atoms with Gasteiger partial charge in [-0.3, -0.25) is 4.79 Å². The van der Waals surface area contributed by atoms with E-state index < -0.39 is 12.0 Å². The van der Waals surface area contributed by atoms with E-state index in [4.69, 9.17) is 5.11 Å². The Kier molecular flexibility index (Phi) is 4.39. The molecule has 82 valence electrons. The molecule has 0 aromatic heterocycles. The molecule has 1 fully saturated rings. The van der Waals surface area contributed by atoms with Crippen molar-refractivity contribution in [2.24, 2.45) is 11.8 Å². The molecule has 0 heterocycles. The minimum atomic E-state index is -0.756. The van der Waals surface area contributed by atoms with Gasteiger partial charge in [-0.25, -0.2) is 0 Å². The summed E-state index contributed by atoms with van der Waals surface area (Å²) >= 11 is 0. The molecule has 0 aliphatic heterocycles. The Balaban J connectivity index is 2.25. The highest BCUT2D eigenvalue weighted by Gasteiger charge is 2.22. The third-order valence-corrected chi connectivity index (χ3v) is 3.35. The number of rotatable bonds is 4. The Bertz CT molecular complexity index is 194. The maximum atomic E-state index is 10.6. The minimum absolute atomic E-state index is 0.413. The van der Waals surface area contributed by atoms with E-state index in [0.717, 1.165) is 12.5 Å². The predicted molar refractivity (Wildman–Crippen MR) is 56.2 cm³/mol. The zero-order chi connectivity index (χ0) is 10.6. The van der Waals surface area contributed by atoms with E-state index in [1.54, 1.807) is 6.92 Å². The van der Waals surface area contributed by atoms with Crippen LogP contribution < -0.4 is 5.32 Å². The van der Waals surface area contributed by atoms with Gasteiger partial charge in [0.05, 0.1) is 0 Å². The second-order valence-electron chi connectivity index (χ2n) is 4.49. The number of hydrogen-bond acceptors (Lipinski definition) is 2. The molecule has 0 amide bonds. The Morgan fingerprint density at radius 2 is 2.14 bits per heavy atom. The molecule has 2 N–H and O–H groups in total. The first-order chi connectivity index (χ1) is 6.61. The molecule has 3 unspecified atom stereocenters. The van der Waals surface area contributed by atoms with Crippen molar-refractivity contribution in [1.29, 1.82) is 0 Å². The van der Waals surface area contributed by atoms with Gasteiger partial charge in [0.25, 0.3) is 0 Å². The smallest absolute Gasteiger partial charge is 0.320 e. The van der Waals surface area contributed by atoms with Crippen LogP contribution in [0.2, 0.25) is 0 Å². The molecule has 1 aliphatic carbocycles. The molecule has 3 nitrogen and oxygen atoms in total. The van der Waals surface area contributed by atoms with Gasteiger partial charge in [-0.05, 0) is 31.7 Å². The van der Waals surface area contributed by atoms with Crippen molar-refractivity contribution in [3.05, 3.63) is 0 Å². The van der Waals surface area contributed by atoms with Gasteiger partial charge in [-0.15, -0.1) is 0 Å². The van der Waals surface area contributed by atoms with Crippen molar-refractivity contribution in [2.45, 2.75) is 45.6 Å². The first kappa shape index (κ1) is 11.5. The number of carboxylic acids is 1. The van der Waals surface area contributed by atoms with Crippen LogP contribution in [0.3, 0.4) is 0 Å². The lowest BCUT2D eigenvalue weighted by Crippen LogP contribution is -2.39. The predicted octanol–water partition coefficient (Wildman–Crippen LogP) is 1.88. The van der Waals surface area contributed by atoms with Crippen LogP contribution in [0.25, 0.3) is 0 Å². The fraction of sp³-hybridized carbons (Fsp3) is 0.909. The number of nitrogens with one attached hydrogen (secondary N) is 1. The first-order valence-electron chi connectivity index (χ1n) is 5.57. The molecule has 0 radical (unpaired) electrons. The SMILES string of the molecule is CC(NCC1CCCCC1C)C(=O)O. The standard InChI is InChI=1S/C11H21NO2/c1-8-5-3-4-6-10(8)7-12-9(2)11(13)14/h8-10,12H,3-7H2,1-2H3,(H,13,14). The largest absolute Gasteiger partial charge is 0.480 e. The van der Waals surface area contributed by atoms with E-state index in [0.29, 0.717) is 5.92 Å². The van der Waals surface area contributed by atoms with E-state index in [1.807, 2.05) is 0 Å². The lowest BCUT2D eigenvalue weighted by molar-refractivity contribution is -0.139. The molecule has 0 aromatic rings. The molecule has 1 rings (SSSR count). The highest BCUT2D eigenvalue weighted by Crippen LogP contribution is 2.28. The van der Waals surface area contributed by atoms with Crippen molar-refractivity contribution >= 4 is 5.97 Å². The Labute approximate surface area is 85.9 Å². The summed E-state index contributed by atoms with van der Waals surface area (Å²) in [5.41, 5.74) is 0. The van der Waals surface area contributed by atoms with Gasteiger partial charge < -0.3 is 10.4 Å². The highest BCUT2D eigenvalue weighted by molar-refractivity contribution is 5.72. The van der Waals surface area contributed by atoms with E-state index in [9.17, 15) is 4.79 Å². The van der Waals surface area contributed by atoms with Crippen molar-refractivity contribution in [3.8, 4) is 0 Å². The summed E-state index contributed by atoms with van der Waals surface area (Å²) in [6, 6.07) is -0.413. The van der Waals surface area contributed by atoms with Crippen LogP contribution in [-0.4, -0.2) is 23.7 Å². The average molecular weight is 199 g/mol. The van der Waals surface area contributed by atoms with Crippen molar-refractivity contribution in [3.63, 3.8) is 0 Å². The third-order valence-electron chi connectivity index (χ3n) is 3.35. The van der Waals surface area contributed by atoms with Crippen LogP contribution in [0.15, 0.2) is 0 Å². The summed E-state index contributed by atoms with van der Waals surface area (Å²) < 4.78 is 0. The van der Waals surface area contributed by atoms with Crippen molar-refractivity contribution in [2.75, 3.05) is 6.54 Å². The zero-order valence-electron chi connectivity index (χ0n) is 9.12.